The topological polar surface area (TPSA) is 78.4 Å². The number of carbonyl (C=O) groups is 1. The van der Waals surface area contributed by atoms with Gasteiger partial charge in [0.25, 0.3) is 0 Å². The highest BCUT2D eigenvalue weighted by Gasteiger charge is 2.50. The van der Waals surface area contributed by atoms with E-state index < -0.39 is 16.9 Å². The van der Waals surface area contributed by atoms with Gasteiger partial charge in [-0.05, 0) is 90.1 Å². The summed E-state index contributed by atoms with van der Waals surface area (Å²) < 4.78 is 30.1. The summed E-state index contributed by atoms with van der Waals surface area (Å²) in [5.41, 5.74) is 0.717. The van der Waals surface area contributed by atoms with Crippen LogP contribution in [0.25, 0.3) is 10.8 Å². The zero-order valence-electron chi connectivity index (χ0n) is 22.4. The van der Waals surface area contributed by atoms with Crippen LogP contribution >= 0.6 is 0 Å². The number of aliphatic hydroxyl groups is 1. The van der Waals surface area contributed by atoms with E-state index in [4.69, 9.17) is 0 Å². The molecular formula is C29H34F2N4O2. The molecule has 1 aliphatic carbocycles. The minimum absolute atomic E-state index is 0.113. The van der Waals surface area contributed by atoms with Crippen molar-refractivity contribution >= 4 is 28.2 Å². The number of carbonyl (C=O) groups excluding carboxylic acids is 1. The van der Waals surface area contributed by atoms with Gasteiger partial charge in [-0.1, -0.05) is 18.2 Å². The van der Waals surface area contributed by atoms with E-state index in [9.17, 15) is 9.90 Å². The lowest BCUT2D eigenvalue weighted by Crippen LogP contribution is -2.40. The number of benzene rings is 2. The molecule has 1 atom stereocenters. The van der Waals surface area contributed by atoms with Gasteiger partial charge in [0, 0.05) is 28.1 Å². The fourth-order valence-electron chi connectivity index (χ4n) is 5.42. The van der Waals surface area contributed by atoms with Gasteiger partial charge in [0.05, 0.1) is 17.2 Å². The molecule has 1 saturated carbocycles. The molecule has 37 heavy (non-hydrogen) atoms. The molecule has 1 unspecified atom stereocenters. The van der Waals surface area contributed by atoms with Crippen molar-refractivity contribution < 1.29 is 18.7 Å². The molecular weight excluding hydrogens is 474 g/mol. The van der Waals surface area contributed by atoms with Crippen molar-refractivity contribution in [2.24, 2.45) is 0 Å². The van der Waals surface area contributed by atoms with Crippen LogP contribution in [0, 0.1) is 13.8 Å². The number of aryl methyl sites for hydroxylation is 1. The fraction of sp³-hybridized carbons (Fsp3) is 0.483. The average Bonchev–Trinajstić information content (AvgIpc) is 3.62. The summed E-state index contributed by atoms with van der Waals surface area (Å²) in [7, 11) is 0. The van der Waals surface area contributed by atoms with E-state index in [2.05, 4.69) is 21.6 Å². The molecule has 0 spiro atoms. The minimum Gasteiger partial charge on any atom is -0.384 e. The van der Waals surface area contributed by atoms with E-state index in [-0.39, 0.29) is 23.6 Å². The van der Waals surface area contributed by atoms with Gasteiger partial charge < -0.3 is 15.3 Å². The van der Waals surface area contributed by atoms with Gasteiger partial charge in [-0.15, -0.1) is 5.10 Å². The third-order valence-electron chi connectivity index (χ3n) is 7.98. The first-order chi connectivity index (χ1) is 17.2. The number of amides is 1. The van der Waals surface area contributed by atoms with Crippen molar-refractivity contribution in [2.45, 2.75) is 90.3 Å². The van der Waals surface area contributed by atoms with Crippen molar-refractivity contribution in [3.63, 3.8) is 0 Å². The molecule has 1 fully saturated rings. The van der Waals surface area contributed by atoms with Gasteiger partial charge in [0.1, 0.15) is 5.60 Å². The molecule has 2 heterocycles. The van der Waals surface area contributed by atoms with Gasteiger partial charge in [0.2, 0.25) is 5.91 Å². The Bertz CT molecular complexity index is 1420. The number of anilines is 2. The molecule has 1 aliphatic heterocycles. The zero-order valence-corrected chi connectivity index (χ0v) is 22.4. The summed E-state index contributed by atoms with van der Waals surface area (Å²) in [6.45, 7) is 11.6. The van der Waals surface area contributed by atoms with E-state index in [1.807, 2.05) is 38.7 Å². The van der Waals surface area contributed by atoms with Crippen LogP contribution in [0.1, 0.15) is 81.4 Å². The molecule has 196 valence electrons. The monoisotopic (exact) mass is 508 g/mol. The van der Waals surface area contributed by atoms with Crippen molar-refractivity contribution in [3.8, 4) is 0 Å². The maximum atomic E-state index is 15.1. The van der Waals surface area contributed by atoms with Crippen LogP contribution < -0.4 is 10.2 Å². The molecule has 2 aromatic carbocycles. The van der Waals surface area contributed by atoms with Crippen LogP contribution in [0.5, 0.6) is 0 Å². The van der Waals surface area contributed by atoms with Crippen LogP contribution in [0.2, 0.25) is 0 Å². The van der Waals surface area contributed by atoms with E-state index in [1.165, 1.54) is 6.07 Å². The molecule has 0 saturated heterocycles. The lowest BCUT2D eigenvalue weighted by molar-refractivity contribution is -0.168. The van der Waals surface area contributed by atoms with Crippen LogP contribution in [-0.4, -0.2) is 32.9 Å². The second-order valence-electron chi connectivity index (χ2n) is 11.6. The highest BCUT2D eigenvalue weighted by Crippen LogP contribution is 2.49. The smallest absolute Gasteiger partial charge is 0.300 e. The Balaban J connectivity index is 1.58. The summed E-state index contributed by atoms with van der Waals surface area (Å²) in [5, 5.41) is 24.0. The first-order valence-corrected chi connectivity index (χ1v) is 12.8. The number of rotatable bonds is 6. The van der Waals surface area contributed by atoms with Crippen LogP contribution in [0.15, 0.2) is 30.3 Å². The largest absolute Gasteiger partial charge is 0.384 e. The summed E-state index contributed by atoms with van der Waals surface area (Å²) in [6.07, 6.45) is 2.00. The fourth-order valence-corrected chi connectivity index (χ4v) is 5.42. The van der Waals surface area contributed by atoms with Crippen LogP contribution in [0.4, 0.5) is 20.3 Å². The third-order valence-corrected chi connectivity index (χ3v) is 7.98. The Hall–Kier alpha value is -3.13. The lowest BCUT2D eigenvalue weighted by Gasteiger charge is -2.31. The average molecular weight is 509 g/mol. The lowest BCUT2D eigenvalue weighted by atomic mass is 9.85. The Labute approximate surface area is 216 Å². The molecule has 2 N–H and O–H groups in total. The summed E-state index contributed by atoms with van der Waals surface area (Å²) >= 11 is 0. The summed E-state index contributed by atoms with van der Waals surface area (Å²) in [4.78, 5) is 15.2. The Morgan fingerprint density at radius 1 is 1.14 bits per heavy atom. The first-order valence-electron chi connectivity index (χ1n) is 12.8. The molecule has 1 aromatic heterocycles. The highest BCUT2D eigenvalue weighted by atomic mass is 19.3. The predicted octanol–water partition coefficient (Wildman–Crippen LogP) is 6.07. The Kier molecular flexibility index (Phi) is 5.64. The molecule has 0 bridgehead atoms. The third kappa shape index (κ3) is 3.88. The maximum Gasteiger partial charge on any atom is 0.300 e. The van der Waals surface area contributed by atoms with Crippen molar-refractivity contribution in [2.75, 3.05) is 10.2 Å². The SMILES string of the molecule is Cc1c(C(C)Nc2nnc(C)c3cc4c(cc23)N(C2CC2)C(=O)C4(C)C)cccc1C(F)(F)C(C)(C)O. The Morgan fingerprint density at radius 2 is 1.81 bits per heavy atom. The standard InChI is InChI=1S/C29H34F2N4O2/c1-15-19(9-8-10-22(15)29(30,31)28(6,7)37)16(2)32-25-21-14-24-23(13-20(21)17(3)33-34-25)27(4,5)26(36)35(24)18-11-12-18/h8-10,13-14,16,18,37H,11-12H2,1-7H3,(H,32,34). The minimum atomic E-state index is -3.42. The quantitative estimate of drug-likeness (QED) is 0.423. The van der Waals surface area contributed by atoms with Crippen LogP contribution in [-0.2, 0) is 16.1 Å². The predicted molar refractivity (Wildman–Crippen MR) is 141 cm³/mol. The first kappa shape index (κ1) is 25.5. The molecule has 0 radical (unpaired) electrons. The number of halogens is 2. The van der Waals surface area contributed by atoms with Crippen molar-refractivity contribution in [1.29, 1.82) is 0 Å². The molecule has 1 amide bonds. The van der Waals surface area contributed by atoms with E-state index in [0.717, 1.165) is 54.4 Å². The molecule has 3 aromatic rings. The number of hydrogen-bond acceptors (Lipinski definition) is 5. The van der Waals surface area contributed by atoms with Crippen LogP contribution in [0.3, 0.4) is 0 Å². The second-order valence-corrected chi connectivity index (χ2v) is 11.6. The maximum absolute atomic E-state index is 15.1. The van der Waals surface area contributed by atoms with Gasteiger partial charge in [-0.25, -0.2) is 0 Å². The highest BCUT2D eigenvalue weighted by molar-refractivity contribution is 6.11. The summed E-state index contributed by atoms with van der Waals surface area (Å²) in [6, 6.07) is 8.69. The van der Waals surface area contributed by atoms with E-state index in [0.29, 0.717) is 16.9 Å². The van der Waals surface area contributed by atoms with Gasteiger partial charge in [-0.3, -0.25) is 4.79 Å². The zero-order chi connectivity index (χ0) is 27.1. The van der Waals surface area contributed by atoms with Crippen molar-refractivity contribution in [1.82, 2.24) is 10.2 Å². The van der Waals surface area contributed by atoms with Gasteiger partial charge in [-0.2, -0.15) is 13.9 Å². The molecule has 5 rings (SSSR count). The van der Waals surface area contributed by atoms with Gasteiger partial charge in [0.15, 0.2) is 5.82 Å². The van der Waals surface area contributed by atoms with Crippen molar-refractivity contribution in [3.05, 3.63) is 58.3 Å². The normalized spacial score (nSPS) is 18.3. The number of nitrogens with one attached hydrogen (secondary N) is 1. The Morgan fingerprint density at radius 3 is 2.43 bits per heavy atom. The number of hydrogen-bond donors (Lipinski definition) is 2. The number of nitrogens with zero attached hydrogens (tertiary/aromatic N) is 3. The molecule has 2 aliphatic rings. The number of fused-ring (bicyclic) bond motifs is 2. The van der Waals surface area contributed by atoms with Gasteiger partial charge >= 0.3 is 5.92 Å². The second kappa shape index (κ2) is 8.18. The number of alkyl halides is 2. The number of aromatic nitrogens is 2. The van der Waals surface area contributed by atoms with E-state index >= 15 is 8.78 Å². The summed E-state index contributed by atoms with van der Waals surface area (Å²) in [5.74, 6) is -2.78. The molecule has 6 nitrogen and oxygen atoms in total. The molecule has 8 heteroatoms. The van der Waals surface area contributed by atoms with E-state index in [1.54, 1.807) is 19.1 Å².